The van der Waals surface area contributed by atoms with Crippen LogP contribution in [0, 0.1) is 0 Å². The van der Waals surface area contributed by atoms with E-state index < -0.39 is 0 Å². The van der Waals surface area contributed by atoms with E-state index in [9.17, 15) is 4.79 Å². The van der Waals surface area contributed by atoms with Crippen LogP contribution in [0.3, 0.4) is 0 Å². The average Bonchev–Trinajstić information content (AvgIpc) is 2.59. The fraction of sp³-hybridized carbons (Fsp3) is 0.250. The Balaban J connectivity index is 2.47. The molecule has 1 aromatic carbocycles. The minimum Gasteiger partial charge on any atom is -0.366 e. The van der Waals surface area contributed by atoms with Crippen molar-refractivity contribution in [2.75, 3.05) is 0 Å². The molecule has 0 saturated heterocycles. The van der Waals surface area contributed by atoms with Crippen LogP contribution in [-0.4, -0.2) is 10.9 Å². The van der Waals surface area contributed by atoms with Gasteiger partial charge < -0.3 is 10.7 Å². The fourth-order valence-corrected chi connectivity index (χ4v) is 1.74. The van der Waals surface area contributed by atoms with Crippen LogP contribution in [0.4, 0.5) is 0 Å². The summed E-state index contributed by atoms with van der Waals surface area (Å²) < 4.78 is 0. The molecule has 0 aliphatic rings. The Kier molecular flexibility index (Phi) is 2.46. The predicted octanol–water partition coefficient (Wildman–Crippen LogP) is 2.22. The summed E-state index contributed by atoms with van der Waals surface area (Å²) in [5.74, 6) is -0.386. The van der Waals surface area contributed by atoms with Crippen LogP contribution in [-0.2, 0) is 6.42 Å². The number of benzene rings is 1. The zero-order valence-corrected chi connectivity index (χ0v) is 8.71. The Morgan fingerprint density at radius 1 is 1.40 bits per heavy atom. The van der Waals surface area contributed by atoms with Crippen molar-refractivity contribution < 1.29 is 4.79 Å². The molecule has 78 valence electrons. The number of aromatic nitrogens is 1. The number of carbonyl (C=O) groups is 1. The Labute approximate surface area is 88.3 Å². The quantitative estimate of drug-likeness (QED) is 0.787. The van der Waals surface area contributed by atoms with Crippen LogP contribution in [0.2, 0.25) is 0 Å². The van der Waals surface area contributed by atoms with Crippen molar-refractivity contribution in [2.45, 2.75) is 19.8 Å². The minimum atomic E-state index is -0.386. The number of primary amides is 1. The maximum Gasteiger partial charge on any atom is 0.248 e. The zero-order valence-electron chi connectivity index (χ0n) is 8.71. The monoisotopic (exact) mass is 202 g/mol. The van der Waals surface area contributed by atoms with E-state index in [2.05, 4.69) is 18.0 Å². The highest BCUT2D eigenvalue weighted by Gasteiger charge is 2.04. The first-order valence-corrected chi connectivity index (χ1v) is 5.12. The van der Waals surface area contributed by atoms with E-state index in [1.165, 1.54) is 5.69 Å². The summed E-state index contributed by atoms with van der Waals surface area (Å²) in [6.07, 6.45) is 2.14. The number of aryl methyl sites for hydroxylation is 1. The highest BCUT2D eigenvalue weighted by molar-refractivity contribution is 5.96. The summed E-state index contributed by atoms with van der Waals surface area (Å²) in [6, 6.07) is 7.60. The number of hydrogen-bond acceptors (Lipinski definition) is 1. The van der Waals surface area contributed by atoms with E-state index in [1.807, 2.05) is 6.07 Å². The van der Waals surface area contributed by atoms with E-state index in [0.717, 1.165) is 23.7 Å². The number of nitrogens with two attached hydrogens (primary N) is 1. The second-order valence-electron chi connectivity index (χ2n) is 3.71. The number of carbonyl (C=O) groups excluding carboxylic acids is 1. The molecule has 1 aromatic heterocycles. The molecule has 0 bridgehead atoms. The highest BCUT2D eigenvalue weighted by atomic mass is 16.1. The first-order chi connectivity index (χ1) is 7.20. The van der Waals surface area contributed by atoms with E-state index in [0.29, 0.717) is 5.56 Å². The standard InChI is InChI=1S/C12H14N2O/c1-2-3-10-6-8-4-5-9(12(13)15)7-11(8)14-10/h4-7,14H,2-3H2,1H3,(H2,13,15). The van der Waals surface area contributed by atoms with Gasteiger partial charge in [-0.05, 0) is 30.0 Å². The van der Waals surface area contributed by atoms with Crippen LogP contribution in [0.1, 0.15) is 29.4 Å². The number of amides is 1. The third-order valence-electron chi connectivity index (χ3n) is 2.48. The summed E-state index contributed by atoms with van der Waals surface area (Å²) in [6.45, 7) is 2.14. The van der Waals surface area contributed by atoms with Crippen LogP contribution in [0.25, 0.3) is 10.9 Å². The third-order valence-corrected chi connectivity index (χ3v) is 2.48. The van der Waals surface area contributed by atoms with Crippen LogP contribution in [0.15, 0.2) is 24.3 Å². The van der Waals surface area contributed by atoms with Gasteiger partial charge in [-0.3, -0.25) is 4.79 Å². The first-order valence-electron chi connectivity index (χ1n) is 5.12. The van der Waals surface area contributed by atoms with Gasteiger partial charge in [-0.15, -0.1) is 0 Å². The van der Waals surface area contributed by atoms with Crippen molar-refractivity contribution in [3.8, 4) is 0 Å². The van der Waals surface area contributed by atoms with E-state index in [1.54, 1.807) is 12.1 Å². The molecule has 15 heavy (non-hydrogen) atoms. The number of aromatic amines is 1. The fourth-order valence-electron chi connectivity index (χ4n) is 1.74. The molecule has 1 heterocycles. The van der Waals surface area contributed by atoms with Gasteiger partial charge in [0.25, 0.3) is 0 Å². The third kappa shape index (κ3) is 1.86. The Hall–Kier alpha value is -1.77. The molecule has 0 fully saturated rings. The van der Waals surface area contributed by atoms with Crippen molar-refractivity contribution in [3.63, 3.8) is 0 Å². The van der Waals surface area contributed by atoms with Crippen LogP contribution < -0.4 is 5.73 Å². The molecule has 3 N–H and O–H groups in total. The molecular formula is C12H14N2O. The molecule has 0 radical (unpaired) electrons. The van der Waals surface area contributed by atoms with Gasteiger partial charge in [0.05, 0.1) is 0 Å². The number of nitrogens with one attached hydrogen (secondary N) is 1. The van der Waals surface area contributed by atoms with Gasteiger partial charge in [0.1, 0.15) is 0 Å². The smallest absolute Gasteiger partial charge is 0.248 e. The molecule has 0 saturated carbocycles. The lowest BCUT2D eigenvalue weighted by Gasteiger charge is -1.94. The first kappa shape index (κ1) is 9.77. The topological polar surface area (TPSA) is 58.9 Å². The Morgan fingerprint density at radius 2 is 2.20 bits per heavy atom. The number of fused-ring (bicyclic) bond motifs is 1. The molecule has 2 aromatic rings. The largest absolute Gasteiger partial charge is 0.366 e. The van der Waals surface area contributed by atoms with E-state index >= 15 is 0 Å². The highest BCUT2D eigenvalue weighted by Crippen LogP contribution is 2.17. The molecule has 2 rings (SSSR count). The molecule has 0 unspecified atom stereocenters. The molecule has 3 nitrogen and oxygen atoms in total. The molecule has 3 heteroatoms. The molecular weight excluding hydrogens is 188 g/mol. The zero-order chi connectivity index (χ0) is 10.8. The lowest BCUT2D eigenvalue weighted by molar-refractivity contribution is 0.100. The summed E-state index contributed by atoms with van der Waals surface area (Å²) in [7, 11) is 0. The maximum absolute atomic E-state index is 11.0. The van der Waals surface area contributed by atoms with Gasteiger partial charge in [-0.1, -0.05) is 19.4 Å². The number of H-pyrrole nitrogens is 1. The second kappa shape index (κ2) is 3.77. The van der Waals surface area contributed by atoms with Crippen molar-refractivity contribution in [1.29, 1.82) is 0 Å². The number of hydrogen-bond donors (Lipinski definition) is 2. The van der Waals surface area contributed by atoms with Crippen molar-refractivity contribution in [2.24, 2.45) is 5.73 Å². The predicted molar refractivity (Wildman–Crippen MR) is 60.8 cm³/mol. The van der Waals surface area contributed by atoms with E-state index in [4.69, 9.17) is 5.73 Å². The molecule has 0 aliphatic heterocycles. The molecule has 0 aliphatic carbocycles. The summed E-state index contributed by atoms with van der Waals surface area (Å²) in [5, 5.41) is 1.13. The van der Waals surface area contributed by atoms with Crippen molar-refractivity contribution in [3.05, 3.63) is 35.5 Å². The van der Waals surface area contributed by atoms with E-state index in [-0.39, 0.29) is 5.91 Å². The van der Waals surface area contributed by atoms with Crippen LogP contribution in [0.5, 0.6) is 0 Å². The second-order valence-corrected chi connectivity index (χ2v) is 3.71. The van der Waals surface area contributed by atoms with Crippen molar-refractivity contribution in [1.82, 2.24) is 4.98 Å². The molecule has 1 amide bonds. The Bertz CT molecular complexity index is 499. The lowest BCUT2D eigenvalue weighted by atomic mass is 10.1. The summed E-state index contributed by atoms with van der Waals surface area (Å²) in [4.78, 5) is 14.3. The van der Waals surface area contributed by atoms with Crippen molar-refractivity contribution >= 4 is 16.8 Å². The molecule has 0 spiro atoms. The van der Waals surface area contributed by atoms with Gasteiger partial charge in [-0.25, -0.2) is 0 Å². The average molecular weight is 202 g/mol. The van der Waals surface area contributed by atoms with Crippen LogP contribution >= 0.6 is 0 Å². The van der Waals surface area contributed by atoms with Gasteiger partial charge in [0, 0.05) is 16.8 Å². The maximum atomic E-state index is 11.0. The van der Waals surface area contributed by atoms with Gasteiger partial charge in [0.15, 0.2) is 0 Å². The minimum absolute atomic E-state index is 0.386. The Morgan fingerprint density at radius 3 is 2.87 bits per heavy atom. The van der Waals surface area contributed by atoms with Gasteiger partial charge in [0.2, 0.25) is 5.91 Å². The van der Waals surface area contributed by atoms with Gasteiger partial charge in [-0.2, -0.15) is 0 Å². The number of rotatable bonds is 3. The SMILES string of the molecule is CCCc1cc2ccc(C(N)=O)cc2[nH]1. The van der Waals surface area contributed by atoms with Gasteiger partial charge >= 0.3 is 0 Å². The normalized spacial score (nSPS) is 10.7. The summed E-state index contributed by atoms with van der Waals surface area (Å²) >= 11 is 0. The lowest BCUT2D eigenvalue weighted by Crippen LogP contribution is -2.10. The summed E-state index contributed by atoms with van der Waals surface area (Å²) in [5.41, 5.74) is 7.95. The molecule has 0 atom stereocenters.